The van der Waals surface area contributed by atoms with E-state index < -0.39 is 0 Å². The summed E-state index contributed by atoms with van der Waals surface area (Å²) in [6.07, 6.45) is 38.0. The molecule has 0 spiro atoms. The van der Waals surface area contributed by atoms with Crippen molar-refractivity contribution in [1.29, 1.82) is 0 Å². The van der Waals surface area contributed by atoms with E-state index in [0.717, 1.165) is 0 Å². The van der Waals surface area contributed by atoms with Gasteiger partial charge in [0.15, 0.2) is 0 Å². The first-order valence-electron chi connectivity index (χ1n) is 15.5. The molecule has 0 bridgehead atoms. The average Bonchev–Trinajstić information content (AvgIpc) is 3.21. The SMILES string of the molecule is CCCCCCCCCCCCCCC1N(CCCCCCC)C=CN1CCCCCCC. The van der Waals surface area contributed by atoms with Crippen LogP contribution in [0.5, 0.6) is 0 Å². The van der Waals surface area contributed by atoms with Crippen molar-refractivity contribution in [2.45, 2.75) is 175 Å². The van der Waals surface area contributed by atoms with Gasteiger partial charge in [0.2, 0.25) is 0 Å². The Morgan fingerprint density at radius 1 is 0.394 bits per heavy atom. The van der Waals surface area contributed by atoms with Gasteiger partial charge in [-0.1, -0.05) is 143 Å². The summed E-state index contributed by atoms with van der Waals surface area (Å²) in [4.78, 5) is 5.35. The lowest BCUT2D eigenvalue weighted by molar-refractivity contribution is 0.135. The molecule has 33 heavy (non-hydrogen) atoms. The highest BCUT2D eigenvalue weighted by Crippen LogP contribution is 2.24. The molecule has 2 heteroatoms. The monoisotopic (exact) mass is 462 g/mol. The molecule has 0 aromatic heterocycles. The fourth-order valence-corrected chi connectivity index (χ4v) is 5.30. The second-order valence-corrected chi connectivity index (χ2v) is 10.8. The quantitative estimate of drug-likeness (QED) is 0.124. The Hall–Kier alpha value is -0.660. The fourth-order valence-electron chi connectivity index (χ4n) is 5.30. The van der Waals surface area contributed by atoms with Gasteiger partial charge in [-0.3, -0.25) is 0 Å². The molecule has 2 nitrogen and oxygen atoms in total. The summed E-state index contributed by atoms with van der Waals surface area (Å²) in [5.74, 6) is 0. The molecule has 0 saturated heterocycles. The summed E-state index contributed by atoms with van der Waals surface area (Å²) in [7, 11) is 0. The van der Waals surface area contributed by atoms with Gasteiger partial charge >= 0.3 is 0 Å². The molecule has 1 aliphatic rings. The highest BCUT2D eigenvalue weighted by molar-refractivity contribution is 4.97. The topological polar surface area (TPSA) is 6.48 Å². The normalized spacial score (nSPS) is 14.2. The van der Waals surface area contributed by atoms with E-state index in [-0.39, 0.29) is 0 Å². The number of hydrogen-bond acceptors (Lipinski definition) is 2. The Labute approximate surface area is 210 Å². The van der Waals surface area contributed by atoms with Crippen LogP contribution in [0.3, 0.4) is 0 Å². The highest BCUT2D eigenvalue weighted by Gasteiger charge is 2.24. The van der Waals surface area contributed by atoms with Crippen molar-refractivity contribution < 1.29 is 0 Å². The summed E-state index contributed by atoms with van der Waals surface area (Å²) in [5, 5.41) is 0. The minimum absolute atomic E-state index is 0.644. The summed E-state index contributed by atoms with van der Waals surface area (Å²) in [6, 6.07) is 0. The number of rotatable bonds is 25. The first kappa shape index (κ1) is 30.4. The van der Waals surface area contributed by atoms with Gasteiger partial charge < -0.3 is 9.80 Å². The molecule has 0 atom stereocenters. The molecule has 0 fully saturated rings. The molecule has 1 rings (SSSR count). The third-order valence-corrected chi connectivity index (χ3v) is 7.57. The molecule has 196 valence electrons. The minimum atomic E-state index is 0.644. The Kier molecular flexibility index (Phi) is 21.3. The third-order valence-electron chi connectivity index (χ3n) is 7.57. The van der Waals surface area contributed by atoms with Crippen LogP contribution in [0.4, 0.5) is 0 Å². The number of nitrogens with zero attached hydrogens (tertiary/aromatic N) is 2. The van der Waals surface area contributed by atoms with Gasteiger partial charge in [0.25, 0.3) is 0 Å². The molecular weight excluding hydrogens is 400 g/mol. The van der Waals surface area contributed by atoms with Crippen LogP contribution >= 0.6 is 0 Å². The Bertz CT molecular complexity index is 395. The average molecular weight is 463 g/mol. The van der Waals surface area contributed by atoms with E-state index in [1.54, 1.807) is 0 Å². The van der Waals surface area contributed by atoms with Gasteiger partial charge in [0, 0.05) is 25.5 Å². The Morgan fingerprint density at radius 3 is 1.06 bits per heavy atom. The summed E-state index contributed by atoms with van der Waals surface area (Å²) in [5.41, 5.74) is 0. The van der Waals surface area contributed by atoms with E-state index >= 15 is 0 Å². The predicted octanol–water partition coefficient (Wildman–Crippen LogP) is 10.4. The van der Waals surface area contributed by atoms with Crippen LogP contribution in [0.1, 0.15) is 168 Å². The van der Waals surface area contributed by atoms with Crippen molar-refractivity contribution >= 4 is 0 Å². The highest BCUT2D eigenvalue weighted by atomic mass is 15.4. The van der Waals surface area contributed by atoms with E-state index in [0.29, 0.717) is 6.17 Å². The van der Waals surface area contributed by atoms with Crippen LogP contribution in [-0.4, -0.2) is 29.1 Å². The molecule has 0 N–H and O–H groups in total. The van der Waals surface area contributed by atoms with E-state index in [1.165, 1.54) is 161 Å². The van der Waals surface area contributed by atoms with Crippen molar-refractivity contribution in [3.63, 3.8) is 0 Å². The van der Waals surface area contributed by atoms with E-state index in [4.69, 9.17) is 0 Å². The number of hydrogen-bond donors (Lipinski definition) is 0. The predicted molar refractivity (Wildman–Crippen MR) is 150 cm³/mol. The van der Waals surface area contributed by atoms with Crippen molar-refractivity contribution in [2.75, 3.05) is 13.1 Å². The van der Waals surface area contributed by atoms with Gasteiger partial charge in [-0.2, -0.15) is 0 Å². The number of unbranched alkanes of at least 4 members (excludes halogenated alkanes) is 19. The summed E-state index contributed by atoms with van der Waals surface area (Å²) in [6.45, 7) is 9.45. The van der Waals surface area contributed by atoms with Gasteiger partial charge in [-0.25, -0.2) is 0 Å². The molecule has 0 aliphatic carbocycles. The second kappa shape index (κ2) is 23.1. The fraction of sp³-hybridized carbons (Fsp3) is 0.935. The molecule has 0 aromatic carbocycles. The molecule has 1 heterocycles. The standard InChI is InChI=1S/C31H62N2/c1-4-7-10-13-14-15-16-17-18-19-20-23-26-31-32(27-24-21-11-8-5-2)29-30-33(31)28-25-22-12-9-6-3/h29-31H,4-28H2,1-3H3. The Morgan fingerprint density at radius 2 is 0.697 bits per heavy atom. The van der Waals surface area contributed by atoms with Crippen molar-refractivity contribution in [3.8, 4) is 0 Å². The van der Waals surface area contributed by atoms with Crippen molar-refractivity contribution in [2.24, 2.45) is 0 Å². The van der Waals surface area contributed by atoms with Crippen LogP contribution in [0.15, 0.2) is 12.4 Å². The van der Waals surface area contributed by atoms with Crippen LogP contribution < -0.4 is 0 Å². The molecule has 0 aromatic rings. The maximum Gasteiger partial charge on any atom is 0.101 e. The summed E-state index contributed by atoms with van der Waals surface area (Å²) < 4.78 is 0. The van der Waals surface area contributed by atoms with E-state index in [9.17, 15) is 0 Å². The lowest BCUT2D eigenvalue weighted by Crippen LogP contribution is -2.39. The second-order valence-electron chi connectivity index (χ2n) is 10.8. The molecule has 0 radical (unpaired) electrons. The molecule has 0 unspecified atom stereocenters. The molecular formula is C31H62N2. The zero-order valence-electron chi connectivity index (χ0n) is 23.3. The lowest BCUT2D eigenvalue weighted by atomic mass is 10.0. The zero-order valence-corrected chi connectivity index (χ0v) is 23.3. The van der Waals surface area contributed by atoms with E-state index in [2.05, 4.69) is 43.0 Å². The van der Waals surface area contributed by atoms with Gasteiger partial charge in [-0.15, -0.1) is 0 Å². The van der Waals surface area contributed by atoms with Crippen LogP contribution in [0, 0.1) is 0 Å². The molecule has 1 aliphatic heterocycles. The van der Waals surface area contributed by atoms with Gasteiger partial charge in [0.05, 0.1) is 0 Å². The smallest absolute Gasteiger partial charge is 0.101 e. The summed E-state index contributed by atoms with van der Waals surface area (Å²) >= 11 is 0. The first-order chi connectivity index (χ1) is 16.3. The van der Waals surface area contributed by atoms with Crippen LogP contribution in [0.25, 0.3) is 0 Å². The van der Waals surface area contributed by atoms with Crippen LogP contribution in [-0.2, 0) is 0 Å². The maximum atomic E-state index is 2.68. The van der Waals surface area contributed by atoms with Gasteiger partial charge in [-0.05, 0) is 25.7 Å². The van der Waals surface area contributed by atoms with E-state index in [1.807, 2.05) is 0 Å². The van der Waals surface area contributed by atoms with Gasteiger partial charge in [0.1, 0.15) is 6.17 Å². The van der Waals surface area contributed by atoms with Crippen molar-refractivity contribution in [1.82, 2.24) is 9.80 Å². The zero-order chi connectivity index (χ0) is 23.8. The lowest BCUT2D eigenvalue weighted by Gasteiger charge is -2.33. The first-order valence-corrected chi connectivity index (χ1v) is 15.5. The largest absolute Gasteiger partial charge is 0.356 e. The Balaban J connectivity index is 2.19. The van der Waals surface area contributed by atoms with Crippen molar-refractivity contribution in [3.05, 3.63) is 12.4 Å². The van der Waals surface area contributed by atoms with Crippen LogP contribution in [0.2, 0.25) is 0 Å². The minimum Gasteiger partial charge on any atom is -0.356 e. The third kappa shape index (κ3) is 16.6. The maximum absolute atomic E-state index is 2.68. The molecule has 0 saturated carbocycles. The molecule has 0 amide bonds.